The van der Waals surface area contributed by atoms with Gasteiger partial charge in [-0.3, -0.25) is 19.7 Å². The summed E-state index contributed by atoms with van der Waals surface area (Å²) in [5, 5.41) is 11.8. The average molecular weight is 312 g/mol. The SMILES string of the molecule is Cc1nc2c(-c3cccnc3)c(C)[nH]n2c(=O)c1CCC(=O)O. The van der Waals surface area contributed by atoms with Crippen LogP contribution < -0.4 is 5.56 Å². The maximum Gasteiger partial charge on any atom is 0.303 e. The summed E-state index contributed by atoms with van der Waals surface area (Å²) in [6.07, 6.45) is 3.47. The summed E-state index contributed by atoms with van der Waals surface area (Å²) in [6.45, 7) is 3.59. The van der Waals surface area contributed by atoms with Gasteiger partial charge in [-0.1, -0.05) is 6.07 Å². The summed E-state index contributed by atoms with van der Waals surface area (Å²) < 4.78 is 1.38. The molecule has 2 N–H and O–H groups in total. The highest BCUT2D eigenvalue weighted by Crippen LogP contribution is 2.26. The molecule has 3 heterocycles. The van der Waals surface area contributed by atoms with Crippen LogP contribution in [0.15, 0.2) is 29.3 Å². The molecule has 0 aliphatic heterocycles. The molecule has 0 saturated heterocycles. The molecular weight excluding hydrogens is 296 g/mol. The second-order valence-electron chi connectivity index (χ2n) is 5.39. The first-order chi connectivity index (χ1) is 11.0. The standard InChI is InChI=1S/C16H16N4O3/c1-9-12(5-6-13(21)22)16(23)20-15(18-9)14(10(2)19-20)11-4-3-7-17-8-11/h3-4,7-8,19H,5-6H2,1-2H3,(H,21,22). The Bertz CT molecular complexity index is 941. The van der Waals surface area contributed by atoms with Gasteiger partial charge in [0.15, 0.2) is 5.65 Å². The summed E-state index contributed by atoms with van der Waals surface area (Å²) in [5.74, 6) is -0.937. The Morgan fingerprint density at radius 1 is 1.39 bits per heavy atom. The van der Waals surface area contributed by atoms with Gasteiger partial charge >= 0.3 is 5.97 Å². The fraction of sp³-hybridized carbons (Fsp3) is 0.250. The zero-order valence-electron chi connectivity index (χ0n) is 12.8. The van der Waals surface area contributed by atoms with Crippen molar-refractivity contribution >= 4 is 11.6 Å². The van der Waals surface area contributed by atoms with E-state index < -0.39 is 5.97 Å². The molecule has 0 aliphatic carbocycles. The molecule has 0 amide bonds. The van der Waals surface area contributed by atoms with Crippen molar-refractivity contribution in [3.05, 3.63) is 51.8 Å². The quantitative estimate of drug-likeness (QED) is 0.764. The zero-order valence-corrected chi connectivity index (χ0v) is 12.8. The first kappa shape index (κ1) is 15.0. The predicted octanol–water partition coefficient (Wildman–Crippen LogP) is 1.72. The summed E-state index contributed by atoms with van der Waals surface area (Å²) in [4.78, 5) is 32.0. The Kier molecular flexibility index (Phi) is 3.69. The van der Waals surface area contributed by atoms with E-state index >= 15 is 0 Å². The number of pyridine rings is 1. The van der Waals surface area contributed by atoms with Crippen LogP contribution in [0, 0.1) is 13.8 Å². The topological polar surface area (TPSA) is 100 Å². The first-order valence-electron chi connectivity index (χ1n) is 7.22. The number of aliphatic carboxylic acids is 1. The first-order valence-corrected chi connectivity index (χ1v) is 7.22. The summed E-state index contributed by atoms with van der Waals surface area (Å²) in [6, 6.07) is 3.73. The van der Waals surface area contributed by atoms with E-state index in [1.54, 1.807) is 19.3 Å². The third-order valence-electron chi connectivity index (χ3n) is 3.80. The Hall–Kier alpha value is -2.96. The number of hydrogen-bond acceptors (Lipinski definition) is 4. The lowest BCUT2D eigenvalue weighted by molar-refractivity contribution is -0.136. The van der Waals surface area contributed by atoms with E-state index in [9.17, 15) is 9.59 Å². The number of carboxylic acids is 1. The lowest BCUT2D eigenvalue weighted by Crippen LogP contribution is -2.22. The van der Waals surface area contributed by atoms with Crippen LogP contribution in [0.4, 0.5) is 0 Å². The molecule has 0 aliphatic rings. The molecule has 3 aromatic heterocycles. The molecule has 0 fully saturated rings. The third-order valence-corrected chi connectivity index (χ3v) is 3.80. The van der Waals surface area contributed by atoms with Crippen molar-refractivity contribution in [1.29, 1.82) is 0 Å². The summed E-state index contributed by atoms with van der Waals surface area (Å²) in [5.41, 5.74) is 3.74. The highest BCUT2D eigenvalue weighted by Gasteiger charge is 2.18. The molecule has 7 nitrogen and oxygen atoms in total. The average Bonchev–Trinajstić information content (AvgIpc) is 2.84. The van der Waals surface area contributed by atoms with Crippen LogP contribution in [0.5, 0.6) is 0 Å². The number of H-pyrrole nitrogens is 1. The molecule has 3 rings (SSSR count). The normalized spacial score (nSPS) is 11.0. The van der Waals surface area contributed by atoms with Gasteiger partial charge in [0.1, 0.15) is 0 Å². The zero-order chi connectivity index (χ0) is 16.6. The number of fused-ring (bicyclic) bond motifs is 1. The number of nitrogens with zero attached hydrogens (tertiary/aromatic N) is 3. The fourth-order valence-electron chi connectivity index (χ4n) is 2.70. The van der Waals surface area contributed by atoms with E-state index in [1.165, 1.54) is 4.52 Å². The summed E-state index contributed by atoms with van der Waals surface area (Å²) in [7, 11) is 0. The van der Waals surface area contributed by atoms with Gasteiger partial charge in [0.25, 0.3) is 5.56 Å². The minimum Gasteiger partial charge on any atom is -0.481 e. The van der Waals surface area contributed by atoms with Crippen LogP contribution in [0.25, 0.3) is 16.8 Å². The molecule has 0 spiro atoms. The monoisotopic (exact) mass is 312 g/mol. The van der Waals surface area contributed by atoms with Gasteiger partial charge in [-0.25, -0.2) is 9.50 Å². The molecule has 0 aromatic carbocycles. The van der Waals surface area contributed by atoms with Gasteiger partial charge in [-0.05, 0) is 26.3 Å². The van der Waals surface area contributed by atoms with Gasteiger partial charge in [-0.2, -0.15) is 0 Å². The molecule has 0 unspecified atom stereocenters. The van der Waals surface area contributed by atoms with E-state index in [0.29, 0.717) is 16.9 Å². The van der Waals surface area contributed by atoms with Gasteiger partial charge < -0.3 is 5.11 Å². The number of carboxylic acid groups (broad SMARTS) is 1. The van der Waals surface area contributed by atoms with Crippen LogP contribution in [-0.4, -0.2) is 30.7 Å². The number of hydrogen-bond donors (Lipinski definition) is 2. The number of carbonyl (C=O) groups is 1. The van der Waals surface area contributed by atoms with Crippen LogP contribution >= 0.6 is 0 Å². The van der Waals surface area contributed by atoms with Crippen molar-refractivity contribution in [1.82, 2.24) is 19.6 Å². The molecular formula is C16H16N4O3. The molecule has 0 bridgehead atoms. The van der Waals surface area contributed by atoms with Crippen LogP contribution in [0.3, 0.4) is 0 Å². The molecule has 118 valence electrons. The van der Waals surface area contributed by atoms with Crippen molar-refractivity contribution in [2.75, 3.05) is 0 Å². The number of aromatic amines is 1. The van der Waals surface area contributed by atoms with Crippen molar-refractivity contribution < 1.29 is 9.90 Å². The Balaban J connectivity index is 2.22. The van der Waals surface area contributed by atoms with Gasteiger partial charge in [0.2, 0.25) is 0 Å². The van der Waals surface area contributed by atoms with Crippen molar-refractivity contribution in [2.45, 2.75) is 26.7 Å². The predicted molar refractivity (Wildman–Crippen MR) is 84.5 cm³/mol. The maximum atomic E-state index is 12.6. The molecule has 0 atom stereocenters. The Labute approximate surface area is 131 Å². The van der Waals surface area contributed by atoms with Crippen LogP contribution in [-0.2, 0) is 11.2 Å². The second kappa shape index (κ2) is 5.68. The van der Waals surface area contributed by atoms with Crippen molar-refractivity contribution in [3.8, 4) is 11.1 Å². The molecule has 0 radical (unpaired) electrons. The number of rotatable bonds is 4. The fourth-order valence-corrected chi connectivity index (χ4v) is 2.70. The molecule has 3 aromatic rings. The number of aromatic nitrogens is 4. The third kappa shape index (κ3) is 2.61. The van der Waals surface area contributed by atoms with E-state index in [-0.39, 0.29) is 18.4 Å². The molecule has 23 heavy (non-hydrogen) atoms. The number of aryl methyl sites for hydroxylation is 2. The summed E-state index contributed by atoms with van der Waals surface area (Å²) >= 11 is 0. The van der Waals surface area contributed by atoms with E-state index in [0.717, 1.165) is 16.8 Å². The van der Waals surface area contributed by atoms with Crippen LogP contribution in [0.2, 0.25) is 0 Å². The lowest BCUT2D eigenvalue weighted by Gasteiger charge is -2.05. The molecule has 0 saturated carbocycles. The lowest BCUT2D eigenvalue weighted by atomic mass is 10.1. The maximum absolute atomic E-state index is 12.6. The largest absolute Gasteiger partial charge is 0.481 e. The highest BCUT2D eigenvalue weighted by atomic mass is 16.4. The minimum atomic E-state index is -0.937. The smallest absolute Gasteiger partial charge is 0.303 e. The van der Waals surface area contributed by atoms with Gasteiger partial charge in [-0.15, -0.1) is 0 Å². The Morgan fingerprint density at radius 2 is 2.17 bits per heavy atom. The van der Waals surface area contributed by atoms with E-state index in [1.807, 2.05) is 19.1 Å². The van der Waals surface area contributed by atoms with Crippen molar-refractivity contribution in [3.63, 3.8) is 0 Å². The highest BCUT2D eigenvalue weighted by molar-refractivity contribution is 5.79. The van der Waals surface area contributed by atoms with Crippen LogP contribution in [0.1, 0.15) is 23.4 Å². The van der Waals surface area contributed by atoms with Crippen molar-refractivity contribution in [2.24, 2.45) is 0 Å². The Morgan fingerprint density at radius 3 is 2.83 bits per heavy atom. The molecule has 7 heteroatoms. The van der Waals surface area contributed by atoms with E-state index in [4.69, 9.17) is 5.11 Å². The minimum absolute atomic E-state index is 0.0982. The van der Waals surface area contributed by atoms with Gasteiger partial charge in [0, 0.05) is 46.9 Å². The number of nitrogens with one attached hydrogen (secondary N) is 1. The second-order valence-corrected chi connectivity index (χ2v) is 5.39. The van der Waals surface area contributed by atoms with E-state index in [2.05, 4.69) is 15.1 Å². The van der Waals surface area contributed by atoms with Gasteiger partial charge in [0.05, 0.1) is 0 Å².